The Hall–Kier alpha value is -1.55. The first-order valence-corrected chi connectivity index (χ1v) is 8.80. The van der Waals surface area contributed by atoms with E-state index in [-0.39, 0.29) is 0 Å². The van der Waals surface area contributed by atoms with Crippen molar-refractivity contribution in [3.8, 4) is 0 Å². The number of aliphatic imine (C=N–C) groups is 1. The molecule has 0 saturated carbocycles. The van der Waals surface area contributed by atoms with Crippen LogP contribution in [-0.2, 0) is 6.54 Å². The highest BCUT2D eigenvalue weighted by Crippen LogP contribution is 2.17. The molecular weight excluding hydrogens is 284 g/mol. The molecule has 1 aliphatic rings. The standard InChI is InChI=1S/C19H32N4/c1-16(2)23-12-8-11-18(15-23)14-21-19(22(3)4)20-13-17-9-6-5-7-10-17/h5-7,9-10,16,18H,8,11-15H2,1-4H3,(H,20,21). The van der Waals surface area contributed by atoms with E-state index in [2.05, 4.69) is 67.3 Å². The number of nitrogens with one attached hydrogen (secondary N) is 1. The van der Waals surface area contributed by atoms with Gasteiger partial charge in [0, 0.05) is 33.2 Å². The molecule has 0 spiro atoms. The van der Waals surface area contributed by atoms with Crippen LogP contribution in [0.3, 0.4) is 0 Å². The summed E-state index contributed by atoms with van der Waals surface area (Å²) in [6.45, 7) is 8.77. The summed E-state index contributed by atoms with van der Waals surface area (Å²) in [6.07, 6.45) is 2.62. The number of nitrogens with zero attached hydrogens (tertiary/aromatic N) is 3. The van der Waals surface area contributed by atoms with Gasteiger partial charge in [0.15, 0.2) is 5.96 Å². The van der Waals surface area contributed by atoms with Crippen molar-refractivity contribution < 1.29 is 0 Å². The maximum atomic E-state index is 4.75. The van der Waals surface area contributed by atoms with E-state index in [4.69, 9.17) is 4.99 Å². The van der Waals surface area contributed by atoms with Gasteiger partial charge < -0.3 is 15.1 Å². The topological polar surface area (TPSA) is 30.9 Å². The Labute approximate surface area is 141 Å². The fourth-order valence-corrected chi connectivity index (χ4v) is 3.07. The molecule has 0 bridgehead atoms. The Morgan fingerprint density at radius 1 is 1.30 bits per heavy atom. The Balaban J connectivity index is 1.87. The normalized spacial score (nSPS) is 19.9. The quantitative estimate of drug-likeness (QED) is 0.669. The summed E-state index contributed by atoms with van der Waals surface area (Å²) >= 11 is 0. The zero-order valence-corrected chi connectivity index (χ0v) is 15.1. The number of hydrogen-bond donors (Lipinski definition) is 1. The predicted molar refractivity (Wildman–Crippen MR) is 98.7 cm³/mol. The average Bonchev–Trinajstić information content (AvgIpc) is 2.55. The number of benzene rings is 1. The summed E-state index contributed by atoms with van der Waals surface area (Å²) < 4.78 is 0. The highest BCUT2D eigenvalue weighted by atomic mass is 15.3. The number of rotatable bonds is 5. The summed E-state index contributed by atoms with van der Waals surface area (Å²) in [5.74, 6) is 1.70. The molecule has 1 aromatic rings. The molecular formula is C19H32N4. The average molecular weight is 316 g/mol. The largest absolute Gasteiger partial charge is 0.356 e. The maximum Gasteiger partial charge on any atom is 0.193 e. The molecule has 0 aliphatic carbocycles. The van der Waals surface area contributed by atoms with Crippen molar-refractivity contribution in [1.82, 2.24) is 15.1 Å². The van der Waals surface area contributed by atoms with Crippen molar-refractivity contribution in [3.05, 3.63) is 35.9 Å². The molecule has 0 radical (unpaired) electrons. The van der Waals surface area contributed by atoms with Gasteiger partial charge in [-0.15, -0.1) is 0 Å². The lowest BCUT2D eigenvalue weighted by molar-refractivity contribution is 0.140. The van der Waals surface area contributed by atoms with Crippen LogP contribution in [0, 0.1) is 5.92 Å². The van der Waals surface area contributed by atoms with Crippen molar-refractivity contribution in [2.75, 3.05) is 33.7 Å². The van der Waals surface area contributed by atoms with Gasteiger partial charge >= 0.3 is 0 Å². The highest BCUT2D eigenvalue weighted by Gasteiger charge is 2.21. The maximum absolute atomic E-state index is 4.75. The minimum absolute atomic E-state index is 0.651. The van der Waals surface area contributed by atoms with Crippen LogP contribution in [0.15, 0.2) is 35.3 Å². The summed E-state index contributed by atoms with van der Waals surface area (Å²) in [6, 6.07) is 11.1. The van der Waals surface area contributed by atoms with Crippen LogP contribution >= 0.6 is 0 Å². The number of guanidine groups is 1. The van der Waals surface area contributed by atoms with Gasteiger partial charge in [0.05, 0.1) is 6.54 Å². The lowest BCUT2D eigenvalue weighted by Gasteiger charge is -2.36. The number of piperidine rings is 1. The number of likely N-dealkylation sites (tertiary alicyclic amines) is 1. The van der Waals surface area contributed by atoms with E-state index in [1.54, 1.807) is 0 Å². The molecule has 0 aromatic heterocycles. The molecule has 4 heteroatoms. The van der Waals surface area contributed by atoms with E-state index in [0.29, 0.717) is 12.0 Å². The fourth-order valence-electron chi connectivity index (χ4n) is 3.07. The third-order valence-corrected chi connectivity index (χ3v) is 4.51. The monoisotopic (exact) mass is 316 g/mol. The van der Waals surface area contributed by atoms with E-state index in [1.807, 2.05) is 6.07 Å². The van der Waals surface area contributed by atoms with Gasteiger partial charge in [0.2, 0.25) is 0 Å². The second-order valence-electron chi connectivity index (χ2n) is 7.00. The molecule has 1 aromatic carbocycles. The van der Waals surface area contributed by atoms with Crippen LogP contribution < -0.4 is 5.32 Å². The molecule has 23 heavy (non-hydrogen) atoms. The molecule has 1 atom stereocenters. The van der Waals surface area contributed by atoms with Crippen LogP contribution in [0.25, 0.3) is 0 Å². The van der Waals surface area contributed by atoms with Gasteiger partial charge in [0.25, 0.3) is 0 Å². The van der Waals surface area contributed by atoms with Gasteiger partial charge in [-0.2, -0.15) is 0 Å². The van der Waals surface area contributed by atoms with Gasteiger partial charge in [0.1, 0.15) is 0 Å². The molecule has 4 nitrogen and oxygen atoms in total. The first kappa shape index (κ1) is 17.8. The van der Waals surface area contributed by atoms with Crippen molar-refractivity contribution >= 4 is 5.96 Å². The third kappa shape index (κ3) is 5.87. The van der Waals surface area contributed by atoms with E-state index >= 15 is 0 Å². The van der Waals surface area contributed by atoms with E-state index in [1.165, 1.54) is 31.5 Å². The molecule has 0 amide bonds. The van der Waals surface area contributed by atoms with Crippen LogP contribution in [-0.4, -0.2) is 55.5 Å². The van der Waals surface area contributed by atoms with E-state index in [0.717, 1.165) is 19.0 Å². The first-order valence-electron chi connectivity index (χ1n) is 8.80. The van der Waals surface area contributed by atoms with Crippen molar-refractivity contribution in [2.24, 2.45) is 10.9 Å². The van der Waals surface area contributed by atoms with E-state index in [9.17, 15) is 0 Å². The minimum atomic E-state index is 0.651. The van der Waals surface area contributed by atoms with Crippen molar-refractivity contribution in [2.45, 2.75) is 39.3 Å². The predicted octanol–water partition coefficient (Wildman–Crippen LogP) is 2.81. The zero-order valence-electron chi connectivity index (χ0n) is 15.1. The van der Waals surface area contributed by atoms with Gasteiger partial charge in [-0.25, -0.2) is 4.99 Å². The molecule has 128 valence electrons. The van der Waals surface area contributed by atoms with Crippen LogP contribution in [0.2, 0.25) is 0 Å². The minimum Gasteiger partial charge on any atom is -0.356 e. The Morgan fingerprint density at radius 3 is 2.70 bits per heavy atom. The Morgan fingerprint density at radius 2 is 2.04 bits per heavy atom. The van der Waals surface area contributed by atoms with Crippen LogP contribution in [0.5, 0.6) is 0 Å². The molecule has 1 fully saturated rings. The Kier molecular flexibility index (Phi) is 6.90. The smallest absolute Gasteiger partial charge is 0.193 e. The van der Waals surface area contributed by atoms with Crippen molar-refractivity contribution in [1.29, 1.82) is 0 Å². The fraction of sp³-hybridized carbons (Fsp3) is 0.632. The number of hydrogen-bond acceptors (Lipinski definition) is 2. The highest BCUT2D eigenvalue weighted by molar-refractivity contribution is 5.79. The van der Waals surface area contributed by atoms with Gasteiger partial charge in [-0.1, -0.05) is 30.3 Å². The second kappa shape index (κ2) is 8.92. The third-order valence-electron chi connectivity index (χ3n) is 4.51. The van der Waals surface area contributed by atoms with Crippen LogP contribution in [0.4, 0.5) is 0 Å². The summed E-state index contributed by atoms with van der Waals surface area (Å²) in [5.41, 5.74) is 1.25. The molecule has 1 saturated heterocycles. The lowest BCUT2D eigenvalue weighted by atomic mass is 9.97. The molecule has 1 aliphatic heterocycles. The Bertz CT molecular complexity index is 481. The van der Waals surface area contributed by atoms with Gasteiger partial charge in [-0.3, -0.25) is 0 Å². The summed E-state index contributed by atoms with van der Waals surface area (Å²) in [5, 5.41) is 3.57. The molecule has 1 N–H and O–H groups in total. The zero-order chi connectivity index (χ0) is 16.7. The van der Waals surface area contributed by atoms with Crippen molar-refractivity contribution in [3.63, 3.8) is 0 Å². The molecule has 2 rings (SSSR count). The summed E-state index contributed by atoms with van der Waals surface area (Å²) in [7, 11) is 4.11. The van der Waals surface area contributed by atoms with Gasteiger partial charge in [-0.05, 0) is 44.7 Å². The molecule has 1 unspecified atom stereocenters. The first-order chi connectivity index (χ1) is 11.1. The van der Waals surface area contributed by atoms with E-state index < -0.39 is 0 Å². The SMILES string of the molecule is CC(C)N1CCCC(CNC(=NCc2ccccc2)N(C)C)C1. The lowest BCUT2D eigenvalue weighted by Crippen LogP contribution is -2.45. The van der Waals surface area contributed by atoms with Crippen LogP contribution in [0.1, 0.15) is 32.3 Å². The molecule has 1 heterocycles. The summed E-state index contributed by atoms with van der Waals surface area (Å²) in [4.78, 5) is 9.41. The second-order valence-corrected chi connectivity index (χ2v) is 7.00.